The molecule has 1 atom stereocenters. The molecule has 0 fully saturated rings. The average molecular weight is 300 g/mol. The lowest BCUT2D eigenvalue weighted by molar-refractivity contribution is 0.172. The van der Waals surface area contributed by atoms with Crippen molar-refractivity contribution >= 4 is 28.5 Å². The van der Waals surface area contributed by atoms with Crippen molar-refractivity contribution in [3.8, 4) is 11.5 Å². The fourth-order valence-electron chi connectivity index (χ4n) is 2.23. The van der Waals surface area contributed by atoms with Crippen LogP contribution in [0.5, 0.6) is 11.5 Å². The molecule has 0 aromatic heterocycles. The molecule has 0 saturated heterocycles. The Kier molecular flexibility index (Phi) is 2.78. The van der Waals surface area contributed by atoms with Crippen LogP contribution in [-0.2, 0) is 4.65 Å². The summed E-state index contributed by atoms with van der Waals surface area (Å²) in [5, 5.41) is 9.93. The van der Waals surface area contributed by atoms with Gasteiger partial charge in [-0.2, -0.15) is 0 Å². The summed E-state index contributed by atoms with van der Waals surface area (Å²) in [7, 11) is -1.01. The third-order valence-corrected chi connectivity index (χ3v) is 3.59. The van der Waals surface area contributed by atoms with Crippen LogP contribution in [0, 0.1) is 0 Å². The summed E-state index contributed by atoms with van der Waals surface area (Å²) in [6.45, 7) is 1.29. The van der Waals surface area contributed by atoms with Gasteiger partial charge in [0.15, 0.2) is 11.5 Å². The first-order valence-corrected chi connectivity index (χ1v) is 6.17. The largest absolute Gasteiger partial charge is 0.496 e. The first-order chi connectivity index (χ1) is 8.22. The molecule has 2 aliphatic heterocycles. The van der Waals surface area contributed by atoms with Crippen LogP contribution in [0.1, 0.15) is 11.7 Å². The third-order valence-electron chi connectivity index (χ3n) is 2.94. The van der Waals surface area contributed by atoms with Crippen molar-refractivity contribution in [2.75, 3.05) is 19.8 Å². The van der Waals surface area contributed by atoms with Crippen molar-refractivity contribution in [3.05, 3.63) is 16.1 Å². The van der Waals surface area contributed by atoms with Gasteiger partial charge >= 0.3 is 7.12 Å². The summed E-state index contributed by atoms with van der Waals surface area (Å²) in [5.74, 6) is 1.19. The predicted molar refractivity (Wildman–Crippen MR) is 65.6 cm³/mol. The topological polar surface area (TPSA) is 73.9 Å². The van der Waals surface area contributed by atoms with E-state index in [1.165, 1.54) is 0 Å². The number of benzene rings is 1. The molecular weight excluding hydrogens is 289 g/mol. The second-order valence-electron chi connectivity index (χ2n) is 3.92. The number of halogens is 1. The van der Waals surface area contributed by atoms with E-state index in [-0.39, 0.29) is 6.10 Å². The summed E-state index contributed by atoms with van der Waals surface area (Å²) >= 11 is 3.45. The van der Waals surface area contributed by atoms with Crippen LogP contribution in [0.25, 0.3) is 0 Å². The van der Waals surface area contributed by atoms with Gasteiger partial charge in [-0.3, -0.25) is 0 Å². The molecule has 0 bridgehead atoms. The number of rotatable bonds is 1. The molecule has 0 spiro atoms. The highest BCUT2D eigenvalue weighted by Crippen LogP contribution is 2.40. The Bertz CT molecular complexity index is 470. The minimum Gasteiger partial charge on any atom is -0.486 e. The molecule has 2 heterocycles. The predicted octanol–water partition coefficient (Wildman–Crippen LogP) is -0.0622. The molecule has 7 heteroatoms. The minimum atomic E-state index is -1.01. The van der Waals surface area contributed by atoms with Gasteiger partial charge in [0.05, 0.1) is 6.10 Å². The second-order valence-corrected chi connectivity index (χ2v) is 4.78. The lowest BCUT2D eigenvalue weighted by Gasteiger charge is -2.22. The highest BCUT2D eigenvalue weighted by Gasteiger charge is 2.41. The molecule has 90 valence electrons. The van der Waals surface area contributed by atoms with Crippen molar-refractivity contribution in [3.63, 3.8) is 0 Å². The van der Waals surface area contributed by atoms with Crippen LogP contribution in [0.2, 0.25) is 0 Å². The molecule has 0 saturated carbocycles. The van der Waals surface area contributed by atoms with Crippen LogP contribution in [0.4, 0.5) is 0 Å². The summed E-state index contributed by atoms with van der Waals surface area (Å²) < 4.78 is 17.3. The average Bonchev–Trinajstić information content (AvgIpc) is 2.68. The summed E-state index contributed by atoms with van der Waals surface area (Å²) in [5.41, 5.74) is 7.11. The van der Waals surface area contributed by atoms with Gasteiger partial charge in [0, 0.05) is 16.5 Å². The van der Waals surface area contributed by atoms with Gasteiger partial charge in [0.2, 0.25) is 0 Å². The molecule has 5 nitrogen and oxygen atoms in total. The molecule has 17 heavy (non-hydrogen) atoms. The van der Waals surface area contributed by atoms with E-state index in [4.69, 9.17) is 19.9 Å². The highest BCUT2D eigenvalue weighted by molar-refractivity contribution is 9.10. The zero-order chi connectivity index (χ0) is 12.0. The van der Waals surface area contributed by atoms with E-state index >= 15 is 0 Å². The molecule has 3 N–H and O–H groups in total. The van der Waals surface area contributed by atoms with Crippen LogP contribution >= 0.6 is 15.9 Å². The Balaban J connectivity index is 2.20. The van der Waals surface area contributed by atoms with Crippen molar-refractivity contribution in [2.24, 2.45) is 5.73 Å². The molecule has 1 aromatic carbocycles. The first kappa shape index (κ1) is 11.3. The number of hydrogen-bond donors (Lipinski definition) is 2. The molecule has 1 aromatic rings. The third kappa shape index (κ3) is 1.65. The van der Waals surface area contributed by atoms with Gasteiger partial charge in [-0.1, -0.05) is 15.9 Å². The lowest BCUT2D eigenvalue weighted by atomic mass is 9.78. The molecule has 0 radical (unpaired) electrons. The monoisotopic (exact) mass is 299 g/mol. The summed E-state index contributed by atoms with van der Waals surface area (Å²) in [6.07, 6.45) is -0.315. The van der Waals surface area contributed by atoms with Crippen molar-refractivity contribution < 1.29 is 19.2 Å². The van der Waals surface area contributed by atoms with Crippen molar-refractivity contribution in [1.82, 2.24) is 0 Å². The molecule has 2 aliphatic rings. The number of ether oxygens (including phenoxy) is 2. The SMILES string of the molecule is NCC1OB(O)c2c3c(cc(Br)c21)OCCO3. The maximum atomic E-state index is 9.93. The van der Waals surface area contributed by atoms with E-state index in [0.717, 1.165) is 10.0 Å². The van der Waals surface area contributed by atoms with Crippen LogP contribution in [-0.4, -0.2) is 31.9 Å². The smallest absolute Gasteiger partial charge is 0.486 e. The summed E-state index contributed by atoms with van der Waals surface area (Å²) in [4.78, 5) is 0. The Morgan fingerprint density at radius 3 is 3.00 bits per heavy atom. The fraction of sp³-hybridized carbons (Fsp3) is 0.400. The highest BCUT2D eigenvalue weighted by atomic mass is 79.9. The van der Waals surface area contributed by atoms with Crippen LogP contribution in [0.15, 0.2) is 10.5 Å². The van der Waals surface area contributed by atoms with Crippen LogP contribution in [0.3, 0.4) is 0 Å². The maximum Gasteiger partial charge on any atom is 0.496 e. The van der Waals surface area contributed by atoms with E-state index in [2.05, 4.69) is 15.9 Å². The standard InChI is InChI=1S/C10H11BBrNO4/c12-5-3-6-10(16-2-1-15-6)9-8(5)7(4-13)17-11(9)14/h3,7,14H,1-2,4,13H2. The normalized spacial score (nSPS) is 21.6. The van der Waals surface area contributed by atoms with E-state index in [1.807, 2.05) is 6.07 Å². The van der Waals surface area contributed by atoms with Gasteiger partial charge in [-0.25, -0.2) is 0 Å². The molecule has 1 unspecified atom stereocenters. The molecule has 0 aliphatic carbocycles. The zero-order valence-corrected chi connectivity index (χ0v) is 10.6. The molecular formula is C10H11BBrNO4. The van der Waals surface area contributed by atoms with Crippen molar-refractivity contribution in [2.45, 2.75) is 6.10 Å². The second kappa shape index (κ2) is 4.17. The number of fused-ring (bicyclic) bond motifs is 3. The maximum absolute atomic E-state index is 9.93. The number of hydrogen-bond acceptors (Lipinski definition) is 5. The van der Waals surface area contributed by atoms with Gasteiger partial charge in [-0.05, 0) is 11.6 Å². The lowest BCUT2D eigenvalue weighted by Crippen LogP contribution is -2.32. The number of nitrogens with two attached hydrogens (primary N) is 1. The molecule has 3 rings (SSSR count). The Hall–Kier alpha value is -0.755. The molecule has 0 amide bonds. The van der Waals surface area contributed by atoms with Gasteiger partial charge < -0.3 is 24.9 Å². The van der Waals surface area contributed by atoms with Gasteiger partial charge in [0.1, 0.15) is 13.2 Å². The Morgan fingerprint density at radius 2 is 2.24 bits per heavy atom. The summed E-state index contributed by atoms with van der Waals surface area (Å²) in [6, 6.07) is 1.83. The van der Waals surface area contributed by atoms with E-state index in [1.54, 1.807) is 0 Å². The van der Waals surface area contributed by atoms with Gasteiger partial charge in [-0.15, -0.1) is 0 Å². The van der Waals surface area contributed by atoms with Crippen LogP contribution < -0.4 is 20.7 Å². The van der Waals surface area contributed by atoms with E-state index < -0.39 is 7.12 Å². The zero-order valence-electron chi connectivity index (χ0n) is 8.98. The fourth-order valence-corrected chi connectivity index (χ4v) is 2.91. The first-order valence-electron chi connectivity index (χ1n) is 5.38. The Morgan fingerprint density at radius 1 is 1.47 bits per heavy atom. The van der Waals surface area contributed by atoms with Gasteiger partial charge in [0.25, 0.3) is 0 Å². The van der Waals surface area contributed by atoms with Crippen molar-refractivity contribution in [1.29, 1.82) is 0 Å². The minimum absolute atomic E-state index is 0.308. The quantitative estimate of drug-likeness (QED) is 0.711. The Labute approximate surface area is 107 Å². The van der Waals surface area contributed by atoms with E-state index in [9.17, 15) is 5.02 Å². The van der Waals surface area contributed by atoms with E-state index in [0.29, 0.717) is 36.7 Å².